The van der Waals surface area contributed by atoms with Gasteiger partial charge in [-0.05, 0) is 18.6 Å². The van der Waals surface area contributed by atoms with E-state index in [1.165, 1.54) is 9.71 Å². The van der Waals surface area contributed by atoms with Crippen LogP contribution in [0.1, 0.15) is 11.4 Å². The van der Waals surface area contributed by atoms with Crippen molar-refractivity contribution in [3.63, 3.8) is 0 Å². The highest BCUT2D eigenvalue weighted by atomic mass is 32.2. The van der Waals surface area contributed by atoms with E-state index in [1.807, 2.05) is 18.2 Å². The maximum atomic E-state index is 4.54. The van der Waals surface area contributed by atoms with Crippen molar-refractivity contribution in [2.24, 2.45) is 0 Å². The average molecular weight is 241 g/mol. The summed E-state index contributed by atoms with van der Waals surface area (Å²) in [4.78, 5) is 4.54. The highest BCUT2D eigenvalue weighted by molar-refractivity contribution is 7.99. The molecule has 0 fully saturated rings. The van der Waals surface area contributed by atoms with Crippen LogP contribution in [0.4, 0.5) is 0 Å². The zero-order valence-corrected chi connectivity index (χ0v) is 10.2. The number of aromatic nitrogens is 1. The van der Waals surface area contributed by atoms with Crippen LogP contribution >= 0.6 is 36.6 Å². The summed E-state index contributed by atoms with van der Waals surface area (Å²) in [5, 5.41) is 1.18. The molecule has 0 aliphatic carbocycles. The second-order valence-electron chi connectivity index (χ2n) is 3.09. The maximum absolute atomic E-state index is 4.54. The first kappa shape index (κ1) is 10.3. The van der Waals surface area contributed by atoms with Crippen molar-refractivity contribution in [3.8, 4) is 0 Å². The molecule has 0 aliphatic rings. The third-order valence-electron chi connectivity index (χ3n) is 1.95. The van der Waals surface area contributed by atoms with Crippen molar-refractivity contribution in [2.75, 3.05) is 0 Å². The highest BCUT2D eigenvalue weighted by Gasteiger charge is 2.04. The summed E-state index contributed by atoms with van der Waals surface area (Å²) in [6.45, 7) is 0. The van der Waals surface area contributed by atoms with Crippen LogP contribution in [-0.4, -0.2) is 9.57 Å². The van der Waals surface area contributed by atoms with Gasteiger partial charge >= 0.3 is 0 Å². The van der Waals surface area contributed by atoms with Crippen molar-refractivity contribution in [1.29, 1.82) is 0 Å². The van der Waals surface area contributed by atoms with Crippen LogP contribution < -0.4 is 0 Å². The van der Waals surface area contributed by atoms with Crippen LogP contribution in [0.5, 0.6) is 0 Å². The first-order chi connectivity index (χ1) is 6.75. The molecule has 1 heterocycles. The van der Waals surface area contributed by atoms with Crippen LogP contribution in [0.25, 0.3) is 10.2 Å². The molecule has 0 bridgehead atoms. The lowest BCUT2D eigenvalue weighted by Crippen LogP contribution is -1.91. The van der Waals surface area contributed by atoms with Gasteiger partial charge in [-0.15, -0.1) is 11.3 Å². The summed E-state index contributed by atoms with van der Waals surface area (Å²) >= 11 is 10.2. The van der Waals surface area contributed by atoms with Gasteiger partial charge in [0.05, 0.1) is 15.2 Å². The first-order valence-corrected chi connectivity index (χ1v) is 6.31. The number of fused-ring (bicyclic) bond motifs is 1. The van der Waals surface area contributed by atoms with Crippen LogP contribution in [0, 0.1) is 0 Å². The fraction of sp³-hybridized carbons (Fsp3) is 0.300. The number of thiol groups is 2. The second kappa shape index (κ2) is 4.55. The van der Waals surface area contributed by atoms with E-state index in [2.05, 4.69) is 36.3 Å². The average Bonchev–Trinajstić information content (AvgIpc) is 2.57. The number of thiazole rings is 1. The summed E-state index contributed by atoms with van der Waals surface area (Å²) in [7, 11) is 0. The molecule has 0 saturated carbocycles. The van der Waals surface area contributed by atoms with Crippen molar-refractivity contribution < 1.29 is 0 Å². The van der Waals surface area contributed by atoms with E-state index in [4.69, 9.17) is 0 Å². The lowest BCUT2D eigenvalue weighted by atomic mass is 10.3. The zero-order valence-electron chi connectivity index (χ0n) is 7.55. The number of benzene rings is 1. The second-order valence-corrected chi connectivity index (χ2v) is 5.86. The predicted molar refractivity (Wildman–Crippen MR) is 69.7 cm³/mol. The molecule has 0 amide bonds. The zero-order chi connectivity index (χ0) is 9.97. The summed E-state index contributed by atoms with van der Waals surface area (Å²) in [5.74, 6) is 0. The molecule has 4 heteroatoms. The fourth-order valence-corrected chi connectivity index (χ4v) is 2.52. The van der Waals surface area contributed by atoms with E-state index in [9.17, 15) is 0 Å². The molecule has 0 radical (unpaired) electrons. The number of hydrogen-bond donors (Lipinski definition) is 2. The number of nitrogens with zero attached hydrogens (tertiary/aromatic N) is 1. The van der Waals surface area contributed by atoms with Crippen LogP contribution in [-0.2, 0) is 6.42 Å². The largest absolute Gasteiger partial charge is 0.241 e. The van der Waals surface area contributed by atoms with Gasteiger partial charge in [0.25, 0.3) is 0 Å². The maximum Gasteiger partial charge on any atom is 0.0939 e. The predicted octanol–water partition coefficient (Wildman–Crippen LogP) is 3.41. The standard InChI is InChI=1S/C10H11NS3/c12-10(13)6-5-9-11-7-3-1-2-4-8(7)14-9/h1-4,10,12-13H,5-6H2. The van der Waals surface area contributed by atoms with Gasteiger partial charge in [0.15, 0.2) is 0 Å². The molecule has 1 aromatic carbocycles. The minimum Gasteiger partial charge on any atom is -0.241 e. The van der Waals surface area contributed by atoms with E-state index in [-0.39, 0.29) is 4.58 Å². The van der Waals surface area contributed by atoms with Crippen molar-refractivity contribution >= 4 is 46.8 Å². The van der Waals surface area contributed by atoms with Crippen molar-refractivity contribution in [3.05, 3.63) is 29.3 Å². The molecule has 0 spiro atoms. The van der Waals surface area contributed by atoms with Gasteiger partial charge in [0, 0.05) is 11.0 Å². The topological polar surface area (TPSA) is 12.9 Å². The summed E-state index contributed by atoms with van der Waals surface area (Å²) in [6, 6.07) is 8.22. The number of para-hydroxylation sites is 1. The minimum atomic E-state index is 0.155. The molecule has 14 heavy (non-hydrogen) atoms. The lowest BCUT2D eigenvalue weighted by Gasteiger charge is -1.98. The summed E-state index contributed by atoms with van der Waals surface area (Å²) in [6.07, 6.45) is 1.93. The van der Waals surface area contributed by atoms with Crippen LogP contribution in [0.15, 0.2) is 24.3 Å². The quantitative estimate of drug-likeness (QED) is 0.620. The Balaban J connectivity index is 2.19. The van der Waals surface area contributed by atoms with Crippen LogP contribution in [0.3, 0.4) is 0 Å². The molecule has 0 aliphatic heterocycles. The molecule has 0 N–H and O–H groups in total. The smallest absolute Gasteiger partial charge is 0.0939 e. The summed E-state index contributed by atoms with van der Waals surface area (Å²) in [5.41, 5.74) is 1.10. The Morgan fingerprint density at radius 1 is 1.29 bits per heavy atom. The molecule has 2 aromatic rings. The Morgan fingerprint density at radius 2 is 2.07 bits per heavy atom. The minimum absolute atomic E-state index is 0.155. The van der Waals surface area contributed by atoms with E-state index in [0.29, 0.717) is 0 Å². The third kappa shape index (κ3) is 2.43. The van der Waals surface area contributed by atoms with E-state index < -0.39 is 0 Å². The Kier molecular flexibility index (Phi) is 3.36. The molecule has 0 atom stereocenters. The van der Waals surface area contributed by atoms with E-state index >= 15 is 0 Å². The van der Waals surface area contributed by atoms with Gasteiger partial charge in [-0.1, -0.05) is 12.1 Å². The Labute approximate surface area is 98.4 Å². The molecule has 2 rings (SSSR count). The molecular weight excluding hydrogens is 230 g/mol. The van der Waals surface area contributed by atoms with Gasteiger partial charge in [-0.25, -0.2) is 4.98 Å². The molecule has 0 saturated heterocycles. The fourth-order valence-electron chi connectivity index (χ4n) is 1.28. The molecule has 1 aromatic heterocycles. The molecule has 1 nitrogen and oxygen atoms in total. The van der Waals surface area contributed by atoms with Crippen molar-refractivity contribution in [1.82, 2.24) is 4.98 Å². The molecule has 0 unspecified atom stereocenters. The van der Waals surface area contributed by atoms with Crippen molar-refractivity contribution in [2.45, 2.75) is 17.4 Å². The van der Waals surface area contributed by atoms with E-state index in [1.54, 1.807) is 11.3 Å². The van der Waals surface area contributed by atoms with Gasteiger partial charge in [-0.2, -0.15) is 25.3 Å². The number of hydrogen-bond acceptors (Lipinski definition) is 4. The molecule has 74 valence electrons. The van der Waals surface area contributed by atoms with Gasteiger partial charge < -0.3 is 0 Å². The summed E-state index contributed by atoms with van der Waals surface area (Å²) < 4.78 is 1.42. The van der Waals surface area contributed by atoms with Gasteiger partial charge in [-0.3, -0.25) is 0 Å². The number of rotatable bonds is 3. The third-order valence-corrected chi connectivity index (χ3v) is 3.57. The Hall–Kier alpha value is -0.190. The Morgan fingerprint density at radius 3 is 2.79 bits per heavy atom. The lowest BCUT2D eigenvalue weighted by molar-refractivity contribution is 0.902. The van der Waals surface area contributed by atoms with Gasteiger partial charge in [0.1, 0.15) is 0 Å². The van der Waals surface area contributed by atoms with Gasteiger partial charge in [0.2, 0.25) is 0 Å². The Bertz CT molecular complexity index is 389. The normalized spacial score (nSPS) is 11.4. The van der Waals surface area contributed by atoms with Crippen LogP contribution in [0.2, 0.25) is 0 Å². The van der Waals surface area contributed by atoms with E-state index in [0.717, 1.165) is 18.4 Å². The SMILES string of the molecule is SC(S)CCc1nc2ccccc2s1. The monoisotopic (exact) mass is 241 g/mol. The molecular formula is C10H11NS3. The first-order valence-electron chi connectivity index (χ1n) is 4.46. The number of aryl methyl sites for hydroxylation is 1. The highest BCUT2D eigenvalue weighted by Crippen LogP contribution is 2.23.